The molecule has 4 nitrogen and oxygen atoms in total. The smallest absolute Gasteiger partial charge is 0.251 e. The number of sulfonamides is 1. The molecule has 0 saturated carbocycles. The lowest BCUT2D eigenvalue weighted by Crippen LogP contribution is -2.30. The Bertz CT molecular complexity index is 564. The second-order valence-corrected chi connectivity index (χ2v) is 5.60. The molecule has 114 valence electrons. The first-order valence-electron chi connectivity index (χ1n) is 5.75. The fourth-order valence-electron chi connectivity index (χ4n) is 1.45. The van der Waals surface area contributed by atoms with Crippen LogP contribution in [0.3, 0.4) is 0 Å². The molecule has 0 bridgehead atoms. The molecule has 9 heteroatoms. The fourth-order valence-corrected chi connectivity index (χ4v) is 2.55. The fraction of sp³-hybridized carbons (Fsp3) is 0.455. The van der Waals surface area contributed by atoms with Gasteiger partial charge in [-0.3, -0.25) is 0 Å². The van der Waals surface area contributed by atoms with Crippen LogP contribution in [0.1, 0.15) is 12.5 Å². The van der Waals surface area contributed by atoms with Crippen LogP contribution in [0.4, 0.5) is 17.6 Å². The second kappa shape index (κ2) is 7.00. The molecule has 0 heterocycles. The Labute approximate surface area is 114 Å². The molecular weight excluding hydrogens is 300 g/mol. The molecular formula is C11H14F4N2O2S. The van der Waals surface area contributed by atoms with Crippen molar-refractivity contribution in [3.8, 4) is 0 Å². The van der Waals surface area contributed by atoms with E-state index in [0.29, 0.717) is 12.6 Å². The van der Waals surface area contributed by atoms with Gasteiger partial charge in [0.25, 0.3) is 6.43 Å². The van der Waals surface area contributed by atoms with Gasteiger partial charge in [-0.1, -0.05) is 6.92 Å². The van der Waals surface area contributed by atoms with Gasteiger partial charge in [0.15, 0.2) is 5.82 Å². The van der Waals surface area contributed by atoms with Crippen LogP contribution in [0.15, 0.2) is 17.0 Å². The van der Waals surface area contributed by atoms with Gasteiger partial charge in [0.2, 0.25) is 10.0 Å². The number of hydrogen-bond donors (Lipinski definition) is 2. The number of halogens is 4. The zero-order valence-corrected chi connectivity index (χ0v) is 11.4. The summed E-state index contributed by atoms with van der Waals surface area (Å²) in [5.74, 6) is -2.19. The lowest BCUT2D eigenvalue weighted by atomic mass is 10.2. The van der Waals surface area contributed by atoms with Gasteiger partial charge in [0.05, 0.1) is 6.54 Å². The summed E-state index contributed by atoms with van der Waals surface area (Å²) >= 11 is 0. The first-order chi connectivity index (χ1) is 9.29. The minimum atomic E-state index is -4.45. The largest absolute Gasteiger partial charge is 0.313 e. The molecule has 0 unspecified atom stereocenters. The molecule has 0 atom stereocenters. The van der Waals surface area contributed by atoms with Crippen LogP contribution in [0.25, 0.3) is 0 Å². The van der Waals surface area contributed by atoms with Crippen molar-refractivity contribution in [1.82, 2.24) is 10.0 Å². The van der Waals surface area contributed by atoms with Crippen molar-refractivity contribution < 1.29 is 26.0 Å². The summed E-state index contributed by atoms with van der Waals surface area (Å²) in [5.41, 5.74) is -0.452. The van der Waals surface area contributed by atoms with E-state index in [9.17, 15) is 26.0 Å². The Balaban J connectivity index is 3.12. The number of alkyl halides is 2. The van der Waals surface area contributed by atoms with Gasteiger partial charge in [0.1, 0.15) is 10.7 Å². The van der Waals surface area contributed by atoms with E-state index in [4.69, 9.17) is 0 Å². The van der Waals surface area contributed by atoms with Crippen LogP contribution in [0.2, 0.25) is 0 Å². The third kappa shape index (κ3) is 4.15. The van der Waals surface area contributed by atoms with Gasteiger partial charge in [-0.05, 0) is 18.7 Å². The minimum Gasteiger partial charge on any atom is -0.313 e. The summed E-state index contributed by atoms with van der Waals surface area (Å²) in [6.07, 6.45) is -2.91. The molecule has 0 amide bonds. The van der Waals surface area contributed by atoms with E-state index in [2.05, 4.69) is 5.32 Å². The summed E-state index contributed by atoms with van der Waals surface area (Å²) < 4.78 is 76.3. The van der Waals surface area contributed by atoms with E-state index in [0.717, 1.165) is 6.07 Å². The molecule has 0 aromatic heterocycles. The van der Waals surface area contributed by atoms with Crippen LogP contribution < -0.4 is 10.0 Å². The van der Waals surface area contributed by atoms with Gasteiger partial charge in [-0.2, -0.15) is 0 Å². The Hall–Kier alpha value is -1.19. The zero-order valence-electron chi connectivity index (χ0n) is 10.6. The van der Waals surface area contributed by atoms with E-state index < -0.39 is 45.1 Å². The predicted octanol–water partition coefficient (Wildman–Crippen LogP) is 1.62. The summed E-state index contributed by atoms with van der Waals surface area (Å²) in [6.45, 7) is 0.800. The van der Waals surface area contributed by atoms with E-state index in [1.807, 2.05) is 0 Å². The zero-order chi connectivity index (χ0) is 15.3. The Kier molecular flexibility index (Phi) is 5.90. The highest BCUT2D eigenvalue weighted by molar-refractivity contribution is 7.89. The Morgan fingerprint density at radius 3 is 2.45 bits per heavy atom. The summed E-state index contributed by atoms with van der Waals surface area (Å²) in [6, 6.07) is 1.49. The van der Waals surface area contributed by atoms with Crippen molar-refractivity contribution in [1.29, 1.82) is 0 Å². The normalized spacial score (nSPS) is 12.1. The van der Waals surface area contributed by atoms with Gasteiger partial charge in [-0.25, -0.2) is 30.7 Å². The van der Waals surface area contributed by atoms with Gasteiger partial charge in [-0.15, -0.1) is 0 Å². The van der Waals surface area contributed by atoms with Crippen LogP contribution in [0, 0.1) is 11.6 Å². The maximum absolute atomic E-state index is 14.0. The molecule has 0 radical (unpaired) electrons. The van der Waals surface area contributed by atoms with Crippen LogP contribution in [-0.2, 0) is 16.6 Å². The Morgan fingerprint density at radius 2 is 1.90 bits per heavy atom. The van der Waals surface area contributed by atoms with Crippen LogP contribution in [-0.4, -0.2) is 27.9 Å². The van der Waals surface area contributed by atoms with E-state index in [-0.39, 0.29) is 6.54 Å². The average molecular weight is 314 g/mol. The summed E-state index contributed by atoms with van der Waals surface area (Å²) in [7, 11) is -4.45. The SMILES string of the molecule is CCNCc1c(F)ccc(S(=O)(=O)NCC(F)F)c1F. The van der Waals surface area contributed by atoms with E-state index in [1.54, 1.807) is 11.6 Å². The molecule has 0 aliphatic carbocycles. The van der Waals surface area contributed by atoms with Crippen molar-refractivity contribution >= 4 is 10.0 Å². The standard InChI is InChI=1S/C11H14F4N2O2S/c1-2-16-5-7-8(12)3-4-9(11(7)15)20(18,19)17-6-10(13)14/h3-4,10,16-17H,2,5-6H2,1H3. The second-order valence-electron chi connectivity index (χ2n) is 3.86. The minimum absolute atomic E-state index is 0.202. The molecule has 1 aromatic rings. The number of rotatable bonds is 7. The molecule has 0 saturated heterocycles. The topological polar surface area (TPSA) is 58.2 Å². The molecule has 2 N–H and O–H groups in total. The molecule has 0 spiro atoms. The van der Waals surface area contributed by atoms with Crippen molar-refractivity contribution in [2.75, 3.05) is 13.1 Å². The van der Waals surface area contributed by atoms with Gasteiger partial charge in [0, 0.05) is 12.1 Å². The summed E-state index contributed by atoms with van der Waals surface area (Å²) in [5, 5.41) is 2.66. The summed E-state index contributed by atoms with van der Waals surface area (Å²) in [4.78, 5) is -0.854. The van der Waals surface area contributed by atoms with Crippen LogP contribution >= 0.6 is 0 Å². The highest BCUT2D eigenvalue weighted by Gasteiger charge is 2.24. The molecule has 20 heavy (non-hydrogen) atoms. The average Bonchev–Trinajstić information content (AvgIpc) is 2.36. The molecule has 0 aliphatic rings. The van der Waals surface area contributed by atoms with Crippen molar-refractivity contribution in [3.63, 3.8) is 0 Å². The quantitative estimate of drug-likeness (QED) is 0.752. The van der Waals surface area contributed by atoms with Crippen molar-refractivity contribution in [2.45, 2.75) is 24.8 Å². The predicted molar refractivity (Wildman–Crippen MR) is 64.9 cm³/mol. The van der Waals surface area contributed by atoms with E-state index >= 15 is 0 Å². The monoisotopic (exact) mass is 314 g/mol. The lowest BCUT2D eigenvalue weighted by Gasteiger charge is -2.11. The highest BCUT2D eigenvalue weighted by atomic mass is 32.2. The van der Waals surface area contributed by atoms with Crippen LogP contribution in [0.5, 0.6) is 0 Å². The first kappa shape index (κ1) is 16.9. The molecule has 1 rings (SSSR count). The Morgan fingerprint density at radius 1 is 1.25 bits per heavy atom. The van der Waals surface area contributed by atoms with Gasteiger partial charge >= 0.3 is 0 Å². The van der Waals surface area contributed by atoms with E-state index in [1.165, 1.54) is 0 Å². The maximum atomic E-state index is 14.0. The number of hydrogen-bond acceptors (Lipinski definition) is 3. The highest BCUT2D eigenvalue weighted by Crippen LogP contribution is 2.21. The van der Waals surface area contributed by atoms with Gasteiger partial charge < -0.3 is 5.32 Å². The third-order valence-corrected chi connectivity index (χ3v) is 3.86. The molecule has 0 aliphatic heterocycles. The molecule has 1 aromatic carbocycles. The maximum Gasteiger partial charge on any atom is 0.251 e. The number of nitrogens with one attached hydrogen (secondary N) is 2. The number of benzene rings is 1. The molecule has 0 fully saturated rings. The lowest BCUT2D eigenvalue weighted by molar-refractivity contribution is 0.153. The first-order valence-corrected chi connectivity index (χ1v) is 7.23. The van der Waals surface area contributed by atoms with Crippen molar-refractivity contribution in [3.05, 3.63) is 29.3 Å². The van der Waals surface area contributed by atoms with Crippen molar-refractivity contribution in [2.24, 2.45) is 0 Å². The third-order valence-electron chi connectivity index (χ3n) is 2.42.